The third-order valence-electron chi connectivity index (χ3n) is 3.40. The number of nitrogens with zero attached hydrogens (tertiary/aromatic N) is 1. The van der Waals surface area contributed by atoms with Crippen molar-refractivity contribution in [2.45, 2.75) is 6.92 Å². The molecule has 1 amide bonds. The normalized spacial score (nSPS) is 10.9. The van der Waals surface area contributed by atoms with Crippen molar-refractivity contribution in [3.05, 3.63) is 76.1 Å². The lowest BCUT2D eigenvalue weighted by Gasteiger charge is -1.99. The molecule has 3 rings (SSSR count). The Bertz CT molecular complexity index is 884. The lowest BCUT2D eigenvalue weighted by atomic mass is 10.1. The van der Waals surface area contributed by atoms with Gasteiger partial charge in [0.15, 0.2) is 5.13 Å². The van der Waals surface area contributed by atoms with Gasteiger partial charge < -0.3 is 0 Å². The second-order valence-corrected chi connectivity index (χ2v) is 6.51. The van der Waals surface area contributed by atoms with Gasteiger partial charge in [-0.2, -0.15) is 0 Å². The second kappa shape index (κ2) is 7.43. The number of hydrogen-bond acceptors (Lipinski definition) is 3. The molecule has 1 heterocycles. The molecule has 0 saturated heterocycles. The van der Waals surface area contributed by atoms with E-state index in [1.807, 2.05) is 54.8 Å². The van der Waals surface area contributed by atoms with Crippen LogP contribution in [-0.4, -0.2) is 10.9 Å². The molecule has 0 unspecified atom stereocenters. The maximum Gasteiger partial charge on any atom is 0.250 e. The molecule has 1 aromatic heterocycles. The quantitative estimate of drug-likeness (QED) is 0.635. The van der Waals surface area contributed by atoms with Crippen LogP contribution in [0.25, 0.3) is 17.3 Å². The first-order valence-corrected chi connectivity index (χ1v) is 8.64. The molecule has 0 spiro atoms. The number of aryl methyl sites for hydroxylation is 1. The summed E-state index contributed by atoms with van der Waals surface area (Å²) in [5.41, 5.74) is 3.88. The molecule has 120 valence electrons. The second-order valence-electron chi connectivity index (χ2n) is 5.25. The number of carbonyl (C=O) groups excluding carboxylic acids is 1. The molecule has 0 radical (unpaired) electrons. The molecule has 3 nitrogen and oxygen atoms in total. The molecular weight excluding hydrogens is 340 g/mol. The molecular formula is C19H15ClN2OS. The fraction of sp³-hybridized carbons (Fsp3) is 0.0526. The summed E-state index contributed by atoms with van der Waals surface area (Å²) in [7, 11) is 0. The van der Waals surface area contributed by atoms with E-state index in [0.29, 0.717) is 10.2 Å². The van der Waals surface area contributed by atoms with Crippen LogP contribution in [0.5, 0.6) is 0 Å². The molecule has 5 heteroatoms. The molecule has 0 saturated carbocycles. The summed E-state index contributed by atoms with van der Waals surface area (Å²) < 4.78 is 0. The van der Waals surface area contributed by atoms with E-state index in [4.69, 9.17) is 11.6 Å². The van der Waals surface area contributed by atoms with Gasteiger partial charge in [-0.1, -0.05) is 59.6 Å². The first-order valence-electron chi connectivity index (χ1n) is 7.38. The Balaban J connectivity index is 1.67. The summed E-state index contributed by atoms with van der Waals surface area (Å²) in [6.07, 6.45) is 3.14. The van der Waals surface area contributed by atoms with Crippen molar-refractivity contribution in [1.82, 2.24) is 4.98 Å². The Hall–Kier alpha value is -2.43. The Morgan fingerprint density at radius 1 is 1.17 bits per heavy atom. The summed E-state index contributed by atoms with van der Waals surface area (Å²) in [4.78, 5) is 16.5. The van der Waals surface area contributed by atoms with Crippen LogP contribution in [-0.2, 0) is 4.79 Å². The SMILES string of the molecule is Cc1ccc(-c2csc(NC(=O)/C=C/c3ccccc3Cl)n2)cc1. The van der Waals surface area contributed by atoms with Crippen LogP contribution in [0, 0.1) is 6.92 Å². The smallest absolute Gasteiger partial charge is 0.250 e. The number of amides is 1. The van der Waals surface area contributed by atoms with Gasteiger partial charge in [-0.3, -0.25) is 10.1 Å². The maximum absolute atomic E-state index is 12.0. The van der Waals surface area contributed by atoms with Crippen molar-refractivity contribution in [1.29, 1.82) is 0 Å². The zero-order chi connectivity index (χ0) is 16.9. The number of rotatable bonds is 4. The Morgan fingerprint density at radius 2 is 1.92 bits per heavy atom. The van der Waals surface area contributed by atoms with Gasteiger partial charge in [-0.05, 0) is 24.6 Å². The van der Waals surface area contributed by atoms with Crippen molar-refractivity contribution < 1.29 is 4.79 Å². The molecule has 2 aromatic carbocycles. The van der Waals surface area contributed by atoms with Crippen LogP contribution < -0.4 is 5.32 Å². The molecule has 0 aliphatic rings. The van der Waals surface area contributed by atoms with E-state index in [1.54, 1.807) is 12.1 Å². The summed E-state index contributed by atoms with van der Waals surface area (Å²) in [5.74, 6) is -0.236. The monoisotopic (exact) mass is 354 g/mol. The van der Waals surface area contributed by atoms with Crippen molar-refractivity contribution in [2.24, 2.45) is 0 Å². The number of nitrogens with one attached hydrogen (secondary N) is 1. The van der Waals surface area contributed by atoms with Gasteiger partial charge in [0.25, 0.3) is 0 Å². The highest BCUT2D eigenvalue weighted by Gasteiger charge is 2.06. The average molecular weight is 355 g/mol. The van der Waals surface area contributed by atoms with Crippen LogP contribution in [0.1, 0.15) is 11.1 Å². The van der Waals surface area contributed by atoms with E-state index in [9.17, 15) is 4.79 Å². The number of thiazole rings is 1. The summed E-state index contributed by atoms with van der Waals surface area (Å²) in [6.45, 7) is 2.04. The van der Waals surface area contributed by atoms with Crippen molar-refractivity contribution in [3.63, 3.8) is 0 Å². The predicted octanol–water partition coefficient (Wildman–Crippen LogP) is 5.42. The minimum atomic E-state index is -0.236. The molecule has 0 fully saturated rings. The molecule has 1 N–H and O–H groups in total. The van der Waals surface area contributed by atoms with Gasteiger partial charge in [0.1, 0.15) is 0 Å². The van der Waals surface area contributed by atoms with Crippen LogP contribution >= 0.6 is 22.9 Å². The molecule has 0 atom stereocenters. The first kappa shape index (κ1) is 16.4. The molecule has 24 heavy (non-hydrogen) atoms. The van der Waals surface area contributed by atoms with Crippen molar-refractivity contribution >= 4 is 40.1 Å². The maximum atomic E-state index is 12.0. The number of halogens is 1. The van der Waals surface area contributed by atoms with E-state index in [0.717, 1.165) is 16.8 Å². The first-order chi connectivity index (χ1) is 11.6. The van der Waals surface area contributed by atoms with Crippen molar-refractivity contribution in [2.75, 3.05) is 5.32 Å². The van der Waals surface area contributed by atoms with E-state index in [1.165, 1.54) is 23.0 Å². The van der Waals surface area contributed by atoms with Gasteiger partial charge >= 0.3 is 0 Å². The number of aromatic nitrogens is 1. The Morgan fingerprint density at radius 3 is 2.67 bits per heavy atom. The highest BCUT2D eigenvalue weighted by Crippen LogP contribution is 2.25. The lowest BCUT2D eigenvalue weighted by molar-refractivity contribution is -0.111. The van der Waals surface area contributed by atoms with Gasteiger partial charge in [-0.15, -0.1) is 11.3 Å². The summed E-state index contributed by atoms with van der Waals surface area (Å²) in [6, 6.07) is 15.5. The van der Waals surface area contributed by atoms with Gasteiger partial charge in [0.05, 0.1) is 5.69 Å². The zero-order valence-electron chi connectivity index (χ0n) is 13.0. The third-order valence-corrected chi connectivity index (χ3v) is 4.50. The van der Waals surface area contributed by atoms with E-state index in [-0.39, 0.29) is 5.91 Å². The highest BCUT2D eigenvalue weighted by atomic mass is 35.5. The predicted molar refractivity (Wildman–Crippen MR) is 101 cm³/mol. The number of carbonyl (C=O) groups is 1. The highest BCUT2D eigenvalue weighted by molar-refractivity contribution is 7.14. The Labute approximate surface area is 149 Å². The molecule has 0 aliphatic carbocycles. The lowest BCUT2D eigenvalue weighted by Crippen LogP contribution is -2.07. The van der Waals surface area contributed by atoms with Crippen LogP contribution in [0.2, 0.25) is 5.02 Å². The largest absolute Gasteiger partial charge is 0.298 e. The number of benzene rings is 2. The van der Waals surface area contributed by atoms with Crippen LogP contribution in [0.3, 0.4) is 0 Å². The minimum Gasteiger partial charge on any atom is -0.298 e. The number of anilines is 1. The van der Waals surface area contributed by atoms with Gasteiger partial charge in [0.2, 0.25) is 5.91 Å². The summed E-state index contributed by atoms with van der Waals surface area (Å²) in [5, 5.41) is 5.88. The topological polar surface area (TPSA) is 42.0 Å². The Kier molecular flexibility index (Phi) is 5.08. The zero-order valence-corrected chi connectivity index (χ0v) is 14.6. The fourth-order valence-corrected chi connectivity index (χ4v) is 3.03. The van der Waals surface area contributed by atoms with E-state index >= 15 is 0 Å². The summed E-state index contributed by atoms with van der Waals surface area (Å²) >= 11 is 7.46. The van der Waals surface area contributed by atoms with Crippen LogP contribution in [0.4, 0.5) is 5.13 Å². The molecule has 0 aliphatic heterocycles. The molecule has 0 bridgehead atoms. The molecule has 3 aromatic rings. The van der Waals surface area contributed by atoms with Crippen LogP contribution in [0.15, 0.2) is 60.0 Å². The number of hydrogen-bond donors (Lipinski definition) is 1. The van der Waals surface area contributed by atoms with Gasteiger partial charge in [0, 0.05) is 22.0 Å². The standard InChI is InChI=1S/C19H15ClN2OS/c1-13-6-8-15(9-7-13)17-12-24-19(21-17)22-18(23)11-10-14-4-2-3-5-16(14)20/h2-12H,1H3,(H,21,22,23)/b11-10+. The van der Waals surface area contributed by atoms with Gasteiger partial charge in [-0.25, -0.2) is 4.98 Å². The van der Waals surface area contributed by atoms with E-state index < -0.39 is 0 Å². The minimum absolute atomic E-state index is 0.236. The van der Waals surface area contributed by atoms with Crippen molar-refractivity contribution in [3.8, 4) is 11.3 Å². The third kappa shape index (κ3) is 4.10. The fourth-order valence-electron chi connectivity index (χ4n) is 2.11. The van der Waals surface area contributed by atoms with E-state index in [2.05, 4.69) is 10.3 Å². The average Bonchev–Trinajstić information content (AvgIpc) is 3.03.